The molecule has 0 atom stereocenters. The lowest BCUT2D eigenvalue weighted by Crippen LogP contribution is -2.27. The van der Waals surface area contributed by atoms with Crippen LogP contribution in [0.1, 0.15) is 11.1 Å². The van der Waals surface area contributed by atoms with Crippen molar-refractivity contribution in [3.05, 3.63) is 59.7 Å². The molecule has 2 aromatic carbocycles. The van der Waals surface area contributed by atoms with Crippen LogP contribution < -0.4 is 10.0 Å². The maximum atomic E-state index is 12.6. The molecule has 152 valence electrons. The monoisotopic (exact) mass is 426 g/mol. The Morgan fingerprint density at radius 1 is 0.821 bits per heavy atom. The minimum atomic E-state index is -4.69. The Morgan fingerprint density at radius 3 is 1.79 bits per heavy atom. The smallest absolute Gasteiger partial charge is 0.325 e. The number of carbonyl (C=O) groups is 1. The zero-order valence-corrected chi connectivity index (χ0v) is 14.5. The predicted octanol–water partition coefficient (Wildman–Crippen LogP) is 4.10. The maximum Gasteiger partial charge on any atom is 0.416 e. The van der Waals surface area contributed by atoms with E-state index in [1.807, 2.05) is 10.0 Å². The van der Waals surface area contributed by atoms with Crippen LogP contribution in [-0.2, 0) is 27.2 Å². The summed E-state index contributed by atoms with van der Waals surface area (Å²) in [6.07, 6.45) is -9.35. The molecule has 0 fully saturated rings. The molecule has 0 aliphatic carbocycles. The Bertz CT molecular complexity index is 971. The Morgan fingerprint density at radius 2 is 1.29 bits per heavy atom. The van der Waals surface area contributed by atoms with Gasteiger partial charge >= 0.3 is 12.4 Å². The Hall–Kier alpha value is -2.76. The van der Waals surface area contributed by atoms with Crippen molar-refractivity contribution in [3.63, 3.8) is 0 Å². The van der Waals surface area contributed by atoms with E-state index in [-0.39, 0.29) is 5.69 Å². The molecule has 0 aromatic heterocycles. The molecule has 12 heteroatoms. The van der Waals surface area contributed by atoms with E-state index < -0.39 is 50.9 Å². The fourth-order valence-electron chi connectivity index (χ4n) is 2.12. The minimum Gasteiger partial charge on any atom is -0.325 e. The Balaban J connectivity index is 2.07. The summed E-state index contributed by atoms with van der Waals surface area (Å²) in [6, 6.07) is 6.83. The molecule has 5 nitrogen and oxygen atoms in total. The van der Waals surface area contributed by atoms with Crippen LogP contribution in [0, 0.1) is 0 Å². The minimum absolute atomic E-state index is 0.283. The van der Waals surface area contributed by atoms with Gasteiger partial charge in [-0.3, -0.25) is 9.52 Å². The lowest BCUT2D eigenvalue weighted by atomic mass is 10.2. The summed E-state index contributed by atoms with van der Waals surface area (Å²) < 4.78 is 102. The number of carbonyl (C=O) groups excluding carboxylic acids is 1. The van der Waals surface area contributed by atoms with E-state index in [9.17, 15) is 39.6 Å². The third kappa shape index (κ3) is 6.15. The van der Waals surface area contributed by atoms with Gasteiger partial charge in [0, 0.05) is 11.4 Å². The van der Waals surface area contributed by atoms with Crippen LogP contribution in [0.15, 0.2) is 48.5 Å². The Labute approximate surface area is 155 Å². The number of amides is 1. The van der Waals surface area contributed by atoms with Crippen LogP contribution in [0.5, 0.6) is 0 Å². The molecule has 0 aliphatic rings. The van der Waals surface area contributed by atoms with E-state index >= 15 is 0 Å². The normalized spacial score (nSPS) is 12.5. The molecule has 0 heterocycles. The molecule has 2 N–H and O–H groups in total. The molecular formula is C16H12F6N2O3S. The average Bonchev–Trinajstić information content (AvgIpc) is 2.52. The molecule has 0 aliphatic heterocycles. The van der Waals surface area contributed by atoms with Crippen molar-refractivity contribution in [2.75, 3.05) is 15.8 Å². The number of hydrogen-bond donors (Lipinski definition) is 2. The molecule has 1 amide bonds. The van der Waals surface area contributed by atoms with Gasteiger partial charge in [-0.2, -0.15) is 26.3 Å². The average molecular weight is 426 g/mol. The van der Waals surface area contributed by atoms with Gasteiger partial charge in [0.15, 0.2) is 0 Å². The second-order valence-electron chi connectivity index (χ2n) is 5.57. The van der Waals surface area contributed by atoms with Crippen molar-refractivity contribution in [1.29, 1.82) is 0 Å². The van der Waals surface area contributed by atoms with Crippen molar-refractivity contribution in [2.24, 2.45) is 0 Å². The standard InChI is InChI=1S/C16H12F6N2O3S/c17-15(18,19)10-3-1-5-12(7-10)23-14(25)9-28(26,27)24-13-6-2-4-11(8-13)16(20,21)22/h1-8,24H,9H2,(H,23,25). The zero-order chi connectivity index (χ0) is 21.2. The summed E-state index contributed by atoms with van der Waals surface area (Å²) in [4.78, 5) is 11.8. The van der Waals surface area contributed by atoms with Crippen molar-refractivity contribution in [3.8, 4) is 0 Å². The van der Waals surface area contributed by atoms with Crippen LogP contribution in [0.4, 0.5) is 37.7 Å². The third-order valence-electron chi connectivity index (χ3n) is 3.26. The van der Waals surface area contributed by atoms with Crippen molar-refractivity contribution >= 4 is 27.3 Å². The van der Waals surface area contributed by atoms with Gasteiger partial charge < -0.3 is 5.32 Å². The zero-order valence-electron chi connectivity index (χ0n) is 13.7. The van der Waals surface area contributed by atoms with Crippen molar-refractivity contribution in [1.82, 2.24) is 0 Å². The van der Waals surface area contributed by atoms with E-state index in [0.29, 0.717) is 12.1 Å². The number of anilines is 2. The molecule has 2 aromatic rings. The van der Waals surface area contributed by atoms with Gasteiger partial charge in [0.2, 0.25) is 15.9 Å². The van der Waals surface area contributed by atoms with Crippen LogP contribution in [0.25, 0.3) is 0 Å². The first kappa shape index (κ1) is 21.5. The number of rotatable bonds is 5. The van der Waals surface area contributed by atoms with Gasteiger partial charge in [-0.05, 0) is 36.4 Å². The molecule has 28 heavy (non-hydrogen) atoms. The van der Waals surface area contributed by atoms with Gasteiger partial charge in [0.05, 0.1) is 11.1 Å². The molecular weight excluding hydrogens is 414 g/mol. The summed E-state index contributed by atoms with van der Waals surface area (Å²) in [6.45, 7) is 0. The highest BCUT2D eigenvalue weighted by molar-refractivity contribution is 7.93. The number of nitrogens with one attached hydrogen (secondary N) is 2. The van der Waals surface area contributed by atoms with Crippen molar-refractivity contribution < 1.29 is 39.6 Å². The van der Waals surface area contributed by atoms with Crippen LogP contribution in [-0.4, -0.2) is 20.1 Å². The van der Waals surface area contributed by atoms with Crippen LogP contribution >= 0.6 is 0 Å². The van der Waals surface area contributed by atoms with Crippen molar-refractivity contribution in [2.45, 2.75) is 12.4 Å². The topological polar surface area (TPSA) is 75.3 Å². The lowest BCUT2D eigenvalue weighted by Gasteiger charge is -2.12. The van der Waals surface area contributed by atoms with Gasteiger partial charge in [-0.25, -0.2) is 8.42 Å². The fourth-order valence-corrected chi connectivity index (χ4v) is 3.09. The first-order chi connectivity index (χ1) is 12.8. The van der Waals surface area contributed by atoms with Gasteiger partial charge in [-0.15, -0.1) is 0 Å². The molecule has 0 bridgehead atoms. The molecule has 0 unspecified atom stereocenters. The SMILES string of the molecule is O=C(CS(=O)(=O)Nc1cccc(C(F)(F)F)c1)Nc1cccc(C(F)(F)F)c1. The summed E-state index contributed by atoms with van der Waals surface area (Å²) in [5.74, 6) is -2.38. The van der Waals surface area contributed by atoms with E-state index in [1.165, 1.54) is 0 Å². The fraction of sp³-hybridized carbons (Fsp3) is 0.188. The number of alkyl halides is 6. The van der Waals surface area contributed by atoms with E-state index in [2.05, 4.69) is 0 Å². The largest absolute Gasteiger partial charge is 0.416 e. The second-order valence-corrected chi connectivity index (χ2v) is 7.29. The van der Waals surface area contributed by atoms with Crippen LogP contribution in [0.3, 0.4) is 0 Å². The highest BCUT2D eigenvalue weighted by atomic mass is 32.2. The predicted molar refractivity (Wildman–Crippen MR) is 88.9 cm³/mol. The summed E-state index contributed by atoms with van der Waals surface area (Å²) in [5, 5.41) is 1.99. The summed E-state index contributed by atoms with van der Waals surface area (Å²) in [7, 11) is -4.41. The lowest BCUT2D eigenvalue weighted by molar-refractivity contribution is -0.138. The maximum absolute atomic E-state index is 12.6. The van der Waals surface area contributed by atoms with E-state index in [0.717, 1.165) is 36.4 Å². The molecule has 0 saturated heterocycles. The first-order valence-electron chi connectivity index (χ1n) is 7.41. The van der Waals surface area contributed by atoms with Gasteiger partial charge in [0.25, 0.3) is 0 Å². The summed E-state index contributed by atoms with van der Waals surface area (Å²) >= 11 is 0. The number of benzene rings is 2. The molecule has 2 rings (SSSR count). The first-order valence-corrected chi connectivity index (χ1v) is 9.06. The quantitative estimate of drug-likeness (QED) is 0.707. The Kier molecular flexibility index (Phi) is 5.92. The van der Waals surface area contributed by atoms with Gasteiger partial charge in [-0.1, -0.05) is 12.1 Å². The number of hydrogen-bond acceptors (Lipinski definition) is 3. The van der Waals surface area contributed by atoms with Gasteiger partial charge in [0.1, 0.15) is 5.75 Å². The highest BCUT2D eigenvalue weighted by Crippen LogP contribution is 2.31. The molecule has 0 saturated carbocycles. The summed E-state index contributed by atoms with van der Waals surface area (Å²) in [5.41, 5.74) is -2.84. The van der Waals surface area contributed by atoms with E-state index in [4.69, 9.17) is 0 Å². The van der Waals surface area contributed by atoms with E-state index in [1.54, 1.807) is 0 Å². The third-order valence-corrected chi connectivity index (χ3v) is 4.45. The second kappa shape index (κ2) is 7.70. The number of halogens is 6. The molecule has 0 radical (unpaired) electrons. The number of sulfonamides is 1. The molecule has 0 spiro atoms. The highest BCUT2D eigenvalue weighted by Gasteiger charge is 2.31. The van der Waals surface area contributed by atoms with Crippen LogP contribution in [0.2, 0.25) is 0 Å².